The molecular formula is C38H31FN8O. The Hall–Kier alpha value is -6.29. The molecule has 0 bridgehead atoms. The summed E-state index contributed by atoms with van der Waals surface area (Å²) < 4.78 is 22.2. The van der Waals surface area contributed by atoms with Gasteiger partial charge < -0.3 is 4.74 Å². The molecule has 0 aliphatic heterocycles. The van der Waals surface area contributed by atoms with E-state index >= 15 is 0 Å². The highest BCUT2D eigenvalue weighted by molar-refractivity contribution is 5.81. The average Bonchev–Trinajstić information content (AvgIpc) is 3.75. The SMILES string of the molecule is COc1ccc(C)n2nc(C=Cc3ccc4cc(F)ccc4n3)nc12.Cc1ccc(C)n2nc(C=Cc3ccc4ccccc4n3)nc12. The van der Waals surface area contributed by atoms with Gasteiger partial charge >= 0.3 is 0 Å². The zero-order valence-corrected chi connectivity index (χ0v) is 26.8. The lowest BCUT2D eigenvalue weighted by molar-refractivity contribution is 0.416. The average molecular weight is 635 g/mol. The van der Waals surface area contributed by atoms with E-state index in [2.05, 4.69) is 54.4 Å². The lowest BCUT2D eigenvalue weighted by Gasteiger charge is -2.02. The van der Waals surface area contributed by atoms with Gasteiger partial charge in [-0.1, -0.05) is 36.4 Å². The van der Waals surface area contributed by atoms with Crippen LogP contribution in [-0.4, -0.2) is 46.3 Å². The van der Waals surface area contributed by atoms with Crippen LogP contribution in [0.3, 0.4) is 0 Å². The first-order valence-electron chi connectivity index (χ1n) is 15.4. The fourth-order valence-electron chi connectivity index (χ4n) is 5.29. The van der Waals surface area contributed by atoms with Crippen LogP contribution >= 0.6 is 0 Å². The van der Waals surface area contributed by atoms with E-state index in [1.165, 1.54) is 12.1 Å². The molecule has 8 aromatic rings. The van der Waals surface area contributed by atoms with E-state index in [4.69, 9.17) is 4.74 Å². The Kier molecular flexibility index (Phi) is 8.12. The van der Waals surface area contributed by atoms with Crippen LogP contribution in [0.5, 0.6) is 5.75 Å². The van der Waals surface area contributed by atoms with Crippen molar-refractivity contribution >= 4 is 57.4 Å². The second-order valence-corrected chi connectivity index (χ2v) is 11.3. The summed E-state index contributed by atoms with van der Waals surface area (Å²) in [5, 5.41) is 10.9. The number of fused-ring (bicyclic) bond motifs is 4. The molecule has 0 spiro atoms. The largest absolute Gasteiger partial charge is 0.493 e. The molecule has 9 nitrogen and oxygen atoms in total. The molecule has 0 aliphatic carbocycles. The van der Waals surface area contributed by atoms with Crippen LogP contribution in [0.25, 0.3) is 57.4 Å². The van der Waals surface area contributed by atoms with Gasteiger partial charge in [0, 0.05) is 22.2 Å². The predicted molar refractivity (Wildman–Crippen MR) is 188 cm³/mol. The van der Waals surface area contributed by atoms with Crippen molar-refractivity contribution < 1.29 is 9.13 Å². The van der Waals surface area contributed by atoms with Gasteiger partial charge in [-0.25, -0.2) is 33.4 Å². The number of pyridine rings is 4. The fourth-order valence-corrected chi connectivity index (χ4v) is 5.29. The van der Waals surface area contributed by atoms with Crippen LogP contribution in [0.4, 0.5) is 4.39 Å². The van der Waals surface area contributed by atoms with Crippen molar-refractivity contribution in [2.24, 2.45) is 0 Å². The number of para-hydroxylation sites is 1. The summed E-state index contributed by atoms with van der Waals surface area (Å²) in [6.07, 6.45) is 7.48. The minimum atomic E-state index is -0.268. The third-order valence-electron chi connectivity index (χ3n) is 7.86. The van der Waals surface area contributed by atoms with Crippen LogP contribution in [0.15, 0.2) is 91.0 Å². The van der Waals surface area contributed by atoms with Crippen molar-refractivity contribution in [3.63, 3.8) is 0 Å². The monoisotopic (exact) mass is 634 g/mol. The Bertz CT molecular complexity index is 2470. The molecule has 10 heteroatoms. The van der Waals surface area contributed by atoms with Crippen LogP contribution in [0.2, 0.25) is 0 Å². The molecule has 6 aromatic heterocycles. The van der Waals surface area contributed by atoms with Gasteiger partial charge in [0.2, 0.25) is 0 Å². The zero-order valence-electron chi connectivity index (χ0n) is 26.8. The Morgan fingerprint density at radius 3 is 1.88 bits per heavy atom. The van der Waals surface area contributed by atoms with Crippen molar-refractivity contribution in [2.75, 3.05) is 7.11 Å². The molecule has 0 radical (unpaired) electrons. The van der Waals surface area contributed by atoms with Gasteiger partial charge in [-0.15, -0.1) is 10.2 Å². The van der Waals surface area contributed by atoms with Gasteiger partial charge in [0.1, 0.15) is 5.82 Å². The van der Waals surface area contributed by atoms with Gasteiger partial charge in [-0.3, -0.25) is 0 Å². The van der Waals surface area contributed by atoms with Gasteiger partial charge in [0.15, 0.2) is 28.7 Å². The molecule has 2 aromatic carbocycles. The number of rotatable bonds is 5. The Balaban J connectivity index is 0.000000152. The number of nitrogens with zero attached hydrogens (tertiary/aromatic N) is 8. The van der Waals surface area contributed by atoms with Crippen molar-refractivity contribution in [3.8, 4) is 5.75 Å². The highest BCUT2D eigenvalue weighted by Crippen LogP contribution is 2.21. The lowest BCUT2D eigenvalue weighted by atomic mass is 10.2. The number of hydrogen-bond acceptors (Lipinski definition) is 7. The highest BCUT2D eigenvalue weighted by Gasteiger charge is 2.09. The molecule has 0 N–H and O–H groups in total. The zero-order chi connectivity index (χ0) is 33.2. The lowest BCUT2D eigenvalue weighted by Crippen LogP contribution is -1.95. The first kappa shape index (κ1) is 30.4. The van der Waals surface area contributed by atoms with E-state index in [9.17, 15) is 4.39 Å². The summed E-state index contributed by atoms with van der Waals surface area (Å²) in [6.45, 7) is 6.03. The topological polar surface area (TPSA) is 95.4 Å². The van der Waals surface area contributed by atoms with Crippen molar-refractivity contribution in [1.82, 2.24) is 39.2 Å². The van der Waals surface area contributed by atoms with E-state index < -0.39 is 0 Å². The maximum absolute atomic E-state index is 13.2. The minimum absolute atomic E-state index is 0.268. The second kappa shape index (κ2) is 12.8. The molecule has 0 atom stereocenters. The molecule has 236 valence electrons. The van der Waals surface area contributed by atoms with Crippen LogP contribution in [0, 0.1) is 26.6 Å². The molecule has 0 saturated heterocycles. The molecule has 0 fully saturated rings. The normalized spacial score (nSPS) is 11.7. The summed E-state index contributed by atoms with van der Waals surface area (Å²) in [7, 11) is 1.61. The molecule has 8 rings (SSSR count). The second-order valence-electron chi connectivity index (χ2n) is 11.3. The molecule has 0 aliphatic rings. The number of benzene rings is 2. The number of hydrogen-bond donors (Lipinski definition) is 0. The first-order chi connectivity index (χ1) is 23.3. The number of methoxy groups -OCH3 is 1. The number of ether oxygens (including phenoxy) is 1. The molecule has 0 saturated carbocycles. The number of aromatic nitrogens is 8. The Labute approximate surface area is 275 Å². The maximum atomic E-state index is 13.2. The smallest absolute Gasteiger partial charge is 0.198 e. The van der Waals surface area contributed by atoms with Crippen LogP contribution in [-0.2, 0) is 0 Å². The van der Waals surface area contributed by atoms with Crippen molar-refractivity contribution in [1.29, 1.82) is 0 Å². The Morgan fingerprint density at radius 1 is 0.583 bits per heavy atom. The predicted octanol–water partition coefficient (Wildman–Crippen LogP) is 7.97. The van der Waals surface area contributed by atoms with E-state index in [0.29, 0.717) is 23.0 Å². The highest BCUT2D eigenvalue weighted by atomic mass is 19.1. The summed E-state index contributed by atoms with van der Waals surface area (Å²) in [4.78, 5) is 18.2. The van der Waals surface area contributed by atoms with Crippen LogP contribution in [0.1, 0.15) is 40.0 Å². The molecule has 6 heterocycles. The summed E-state index contributed by atoms with van der Waals surface area (Å²) in [6, 6.07) is 28.3. The van der Waals surface area contributed by atoms with Crippen molar-refractivity contribution in [3.05, 3.63) is 137 Å². The third kappa shape index (κ3) is 6.23. The number of halogens is 1. The van der Waals surface area contributed by atoms with Gasteiger partial charge in [0.25, 0.3) is 0 Å². The van der Waals surface area contributed by atoms with Gasteiger partial charge in [-0.05, 0) is 105 Å². The third-order valence-corrected chi connectivity index (χ3v) is 7.86. The minimum Gasteiger partial charge on any atom is -0.493 e. The molecular weight excluding hydrogens is 603 g/mol. The summed E-state index contributed by atoms with van der Waals surface area (Å²) in [5.74, 6) is 1.66. The van der Waals surface area contributed by atoms with E-state index in [1.807, 2.05) is 92.0 Å². The van der Waals surface area contributed by atoms with Gasteiger partial charge in [-0.2, -0.15) is 0 Å². The summed E-state index contributed by atoms with van der Waals surface area (Å²) >= 11 is 0. The standard InChI is InChI=1S/C19H15FN4O.C19H16N4/c1-12-3-9-17(25-2)19-22-18(23-24(12)19)10-7-15-6-4-13-11-14(20)5-8-16(13)21-15;1-13-7-8-14(2)23-19(13)21-18(22-23)12-11-16-10-9-15-5-3-4-6-17(15)20-16/h3-11H,1-2H3;3-12H,1-2H3. The van der Waals surface area contributed by atoms with E-state index in [-0.39, 0.29) is 5.82 Å². The molecule has 0 amide bonds. The Morgan fingerprint density at radius 2 is 1.19 bits per heavy atom. The van der Waals surface area contributed by atoms with Gasteiger partial charge in [0.05, 0.1) is 29.5 Å². The van der Waals surface area contributed by atoms with Crippen molar-refractivity contribution in [2.45, 2.75) is 20.8 Å². The quantitative estimate of drug-likeness (QED) is 0.190. The summed E-state index contributed by atoms with van der Waals surface area (Å²) in [5.41, 5.74) is 8.10. The van der Waals surface area contributed by atoms with E-state index in [0.717, 1.165) is 55.8 Å². The molecule has 0 unspecified atom stereocenters. The van der Waals surface area contributed by atoms with E-state index in [1.54, 1.807) is 23.8 Å². The first-order valence-corrected chi connectivity index (χ1v) is 15.4. The van der Waals surface area contributed by atoms with Crippen LogP contribution < -0.4 is 4.74 Å². The number of aryl methyl sites for hydroxylation is 3. The maximum Gasteiger partial charge on any atom is 0.198 e. The fraction of sp³-hybridized carbons (Fsp3) is 0.105. The molecule has 48 heavy (non-hydrogen) atoms.